The van der Waals surface area contributed by atoms with E-state index in [1.807, 2.05) is 13.8 Å². The molecule has 0 aromatic rings. The molecule has 6 saturated heterocycles. The van der Waals surface area contributed by atoms with E-state index in [0.717, 1.165) is 44.9 Å². The molecule has 85 heavy (non-hydrogen) atoms. The highest BCUT2D eigenvalue weighted by Gasteiger charge is 2.72. The molecule has 0 bridgehead atoms. The highest BCUT2D eigenvalue weighted by atomic mass is 16.8. The van der Waals surface area contributed by atoms with Crippen molar-refractivity contribution in [3.8, 4) is 0 Å². The summed E-state index contributed by atoms with van der Waals surface area (Å²) in [5.41, 5.74) is 0.871. The Labute approximate surface area is 493 Å². The summed E-state index contributed by atoms with van der Waals surface area (Å²) in [6.45, 7) is 11.2. The second-order valence-electron chi connectivity index (χ2n) is 26.9. The molecule has 27 heteroatoms. The van der Waals surface area contributed by atoms with Gasteiger partial charge in [-0.15, -0.1) is 0 Å². The van der Waals surface area contributed by atoms with E-state index in [9.17, 15) is 81.4 Å². The first-order valence-electron chi connectivity index (χ1n) is 30.5. The van der Waals surface area contributed by atoms with E-state index in [2.05, 4.69) is 27.7 Å². The summed E-state index contributed by atoms with van der Waals surface area (Å²) in [4.78, 5) is 13.0. The molecule has 33 atom stereocenters. The van der Waals surface area contributed by atoms with Crippen LogP contribution in [0.1, 0.15) is 113 Å². The Kier molecular flexibility index (Phi) is 19.6. The Morgan fingerprint density at radius 1 is 0.565 bits per heavy atom. The first kappa shape index (κ1) is 66.3. The van der Waals surface area contributed by atoms with E-state index >= 15 is 0 Å². The Morgan fingerprint density at radius 3 is 1.79 bits per heavy atom. The normalized spacial score (nSPS) is 54.7. The van der Waals surface area contributed by atoms with Gasteiger partial charge in [-0.1, -0.05) is 52.7 Å². The molecule has 1 spiro atoms. The number of allylic oxidation sites excluding steroid dienone is 2. The van der Waals surface area contributed by atoms with Gasteiger partial charge in [-0.05, 0) is 87.4 Å². The summed E-state index contributed by atoms with van der Waals surface area (Å²) < 4.78 is 67.3. The molecule has 2 saturated carbocycles. The number of ketones is 1. The molecule has 0 aromatic carbocycles. The minimum atomic E-state index is -2.05. The molecule has 4 aliphatic carbocycles. The van der Waals surface area contributed by atoms with Crippen LogP contribution in [0.5, 0.6) is 0 Å². The standard InChI is InChI=1S/C58H94O27/c1-8-27(62)29-17-23(2)58(85-29)16-15-56(6)26-9-10-33-54(4,25(26)11-14-57(56,58)7)13-12-34(55(33,5)22-61)81-50-44(73)42(71)38(67)32(80-50)21-76-52-47(36(65)28(63)20-75-52)83-53-48(84-49-43(72)40(69)35(64)24(3)77-49)46(39(68)31(19-60)79-53)82-51-45(74)41(70)37(66)30(18-59)78-51/h23-24,28-53,59-61,63-74H,8-22H2,1-7H3/t23-,24-,28-,29+,30-,31+,32+,33+,34-,35+,36-,37+,38-,39+,40-,41-,42-,43-,44-,45-,46+,47-,48+,49+,50+,51+,52+,53+,54+,55-,56-,57+,58+/m1/s1. The van der Waals surface area contributed by atoms with Crippen molar-refractivity contribution < 1.29 is 133 Å². The van der Waals surface area contributed by atoms with Gasteiger partial charge >= 0.3 is 0 Å². The molecular formula is C58H94O27. The van der Waals surface area contributed by atoms with Gasteiger partial charge in [0.25, 0.3) is 0 Å². The number of ether oxygens (including phenoxy) is 11. The third-order valence-corrected chi connectivity index (χ3v) is 22.6. The van der Waals surface area contributed by atoms with Crippen molar-refractivity contribution in [3.63, 3.8) is 0 Å². The molecule has 0 unspecified atom stereocenters. The van der Waals surface area contributed by atoms with Gasteiger partial charge in [-0.2, -0.15) is 0 Å². The van der Waals surface area contributed by atoms with Crippen molar-refractivity contribution in [2.45, 2.75) is 278 Å². The van der Waals surface area contributed by atoms with Crippen LogP contribution >= 0.6 is 0 Å². The predicted molar refractivity (Wildman–Crippen MR) is 285 cm³/mol. The summed E-state index contributed by atoms with van der Waals surface area (Å²) in [5.74, 6) is 0.291. The van der Waals surface area contributed by atoms with Crippen LogP contribution in [-0.2, 0) is 56.9 Å². The molecule has 8 fully saturated rings. The van der Waals surface area contributed by atoms with Crippen molar-refractivity contribution in [1.82, 2.24) is 0 Å². The van der Waals surface area contributed by atoms with Gasteiger partial charge in [-0.25, -0.2) is 0 Å². The first-order valence-corrected chi connectivity index (χ1v) is 30.5. The van der Waals surface area contributed by atoms with Gasteiger partial charge in [0.05, 0.1) is 50.8 Å². The van der Waals surface area contributed by atoms with Crippen LogP contribution in [0.2, 0.25) is 0 Å². The topological polar surface area (TPSA) is 422 Å². The number of aliphatic hydroxyl groups is 15. The fourth-order valence-corrected chi connectivity index (χ4v) is 17.1. The average Bonchev–Trinajstić information content (AvgIpc) is 1.64. The number of hydrogen-bond donors (Lipinski definition) is 15. The van der Waals surface area contributed by atoms with Crippen molar-refractivity contribution in [1.29, 1.82) is 0 Å². The van der Waals surface area contributed by atoms with Crippen LogP contribution in [-0.4, -0.2) is 281 Å². The lowest BCUT2D eigenvalue weighted by atomic mass is 9.42. The van der Waals surface area contributed by atoms with Gasteiger partial charge in [0.2, 0.25) is 0 Å². The molecule has 6 aliphatic heterocycles. The molecule has 10 aliphatic rings. The number of Topliss-reactive ketones (excluding diaryl/α,β-unsaturated/α-hetero) is 1. The summed E-state index contributed by atoms with van der Waals surface area (Å²) in [5, 5.41) is 165. The predicted octanol–water partition coefficient (Wildman–Crippen LogP) is -3.62. The fraction of sp³-hybridized carbons (Fsp3) is 0.948. The van der Waals surface area contributed by atoms with E-state index in [4.69, 9.17) is 52.1 Å². The van der Waals surface area contributed by atoms with Crippen molar-refractivity contribution in [3.05, 3.63) is 11.1 Å². The van der Waals surface area contributed by atoms with Crippen LogP contribution in [0.15, 0.2) is 11.1 Å². The molecule has 0 radical (unpaired) electrons. The molecule has 10 rings (SSSR count). The van der Waals surface area contributed by atoms with Crippen molar-refractivity contribution in [2.24, 2.45) is 33.5 Å². The maximum atomic E-state index is 13.0. The first-order chi connectivity index (χ1) is 40.1. The Balaban J connectivity index is 0.858. The highest BCUT2D eigenvalue weighted by Crippen LogP contribution is 2.75. The average molecular weight is 1220 g/mol. The summed E-state index contributed by atoms with van der Waals surface area (Å²) in [6.07, 6.45) is -36.8. The summed E-state index contributed by atoms with van der Waals surface area (Å²) in [6, 6.07) is 0. The minimum Gasteiger partial charge on any atom is -0.396 e. The summed E-state index contributed by atoms with van der Waals surface area (Å²) in [7, 11) is 0. The van der Waals surface area contributed by atoms with Crippen LogP contribution in [0.25, 0.3) is 0 Å². The lowest BCUT2D eigenvalue weighted by Crippen LogP contribution is -2.68. The maximum Gasteiger partial charge on any atom is 0.187 e. The SMILES string of the molecule is CCC(=O)[C@@H]1C[C@@H](C)[C@]2(CC[C@]3(C)C4=C(CC[C@]23C)[C@]2(C)CC[C@@H](O[C@@H]3O[C@@H](CO[C@@H]5OC[C@@H](O)[C@@H](O)[C@H]5O[C@@H]5O[C@@H](CO)[C@H](O)[C@H](O[C@@H]6O[C@H](CO)[C@H](O)[C@@H](O)[C@H]6O)[C@@H]5O[C@@H]5O[C@H](C)[C@H](O)[C@@H](O)[C@H]5O)[C@@H](O)[C@@H](O)[C@H]3O)[C@](C)(CO)[C@H]2CC4)O1. The Bertz CT molecular complexity index is 2350. The molecule has 488 valence electrons. The van der Waals surface area contributed by atoms with Gasteiger partial charge in [0.1, 0.15) is 116 Å². The minimum absolute atomic E-state index is 0.0801. The fourth-order valence-electron chi connectivity index (χ4n) is 17.1. The zero-order chi connectivity index (χ0) is 61.8. The van der Waals surface area contributed by atoms with E-state index in [0.29, 0.717) is 19.3 Å². The van der Waals surface area contributed by atoms with E-state index in [1.165, 1.54) is 18.1 Å². The van der Waals surface area contributed by atoms with Crippen LogP contribution in [0.4, 0.5) is 0 Å². The van der Waals surface area contributed by atoms with E-state index in [1.54, 1.807) is 0 Å². The maximum absolute atomic E-state index is 13.0. The largest absolute Gasteiger partial charge is 0.396 e. The highest BCUT2D eigenvalue weighted by molar-refractivity contribution is 5.83. The van der Waals surface area contributed by atoms with Crippen LogP contribution in [0.3, 0.4) is 0 Å². The van der Waals surface area contributed by atoms with Crippen LogP contribution < -0.4 is 0 Å². The number of rotatable bonds is 16. The molecular weight excluding hydrogens is 1130 g/mol. The smallest absolute Gasteiger partial charge is 0.187 e. The number of carbonyl (C=O) groups excluding carboxylic acids is 1. The Hall–Kier alpha value is -1.63. The second kappa shape index (κ2) is 25.1. The second-order valence-corrected chi connectivity index (χ2v) is 26.9. The van der Waals surface area contributed by atoms with Gasteiger partial charge < -0.3 is 129 Å². The number of aliphatic hydroxyl groups excluding tert-OH is 15. The zero-order valence-corrected chi connectivity index (χ0v) is 49.4. The van der Waals surface area contributed by atoms with Crippen molar-refractivity contribution in [2.75, 3.05) is 33.0 Å². The van der Waals surface area contributed by atoms with Crippen molar-refractivity contribution >= 4 is 5.78 Å². The van der Waals surface area contributed by atoms with E-state index in [-0.39, 0.29) is 40.5 Å². The quantitative estimate of drug-likeness (QED) is 0.0664. The lowest BCUT2D eigenvalue weighted by Gasteiger charge is -2.63. The molecule has 0 aromatic heterocycles. The number of fused-ring (bicyclic) bond motifs is 5. The summed E-state index contributed by atoms with van der Waals surface area (Å²) >= 11 is 0. The van der Waals surface area contributed by atoms with Crippen LogP contribution in [0, 0.1) is 33.5 Å². The number of carbonyl (C=O) groups is 1. The monoisotopic (exact) mass is 1220 g/mol. The van der Waals surface area contributed by atoms with Gasteiger partial charge in [-0.3, -0.25) is 4.79 Å². The Morgan fingerprint density at radius 2 is 1.14 bits per heavy atom. The molecule has 27 nitrogen and oxygen atoms in total. The number of hydrogen-bond acceptors (Lipinski definition) is 27. The zero-order valence-electron chi connectivity index (χ0n) is 49.4. The molecule has 15 N–H and O–H groups in total. The van der Waals surface area contributed by atoms with Gasteiger partial charge in [0.15, 0.2) is 37.2 Å². The van der Waals surface area contributed by atoms with Gasteiger partial charge in [0, 0.05) is 17.3 Å². The third-order valence-electron chi connectivity index (χ3n) is 22.6. The third kappa shape index (κ3) is 11.0. The lowest BCUT2D eigenvalue weighted by molar-refractivity contribution is -0.406. The molecule has 0 amide bonds. The van der Waals surface area contributed by atoms with E-state index < -0.39 is 197 Å². The molecule has 6 heterocycles.